The van der Waals surface area contributed by atoms with E-state index in [9.17, 15) is 4.79 Å². The number of nitrogens with zero attached hydrogens (tertiary/aromatic N) is 1. The molecule has 5 heteroatoms. The summed E-state index contributed by atoms with van der Waals surface area (Å²) in [6.07, 6.45) is 2.04. The van der Waals surface area contributed by atoms with Gasteiger partial charge in [0.25, 0.3) is 5.91 Å². The standard InChI is InChI=1S/C14H21N3O2/c1-15-7-3-4-8-17-12-9-11(16-2)5-6-13(12)19-10-14(17)18/h5-6,9,15-16H,3-4,7-8,10H2,1-2H3. The second-order valence-corrected chi connectivity index (χ2v) is 4.58. The normalized spacial score (nSPS) is 14.0. The summed E-state index contributed by atoms with van der Waals surface area (Å²) in [5.74, 6) is 0.817. The van der Waals surface area contributed by atoms with E-state index in [4.69, 9.17) is 4.74 Å². The van der Waals surface area contributed by atoms with Crippen LogP contribution in [-0.4, -0.2) is 39.7 Å². The maximum absolute atomic E-state index is 12.0. The van der Waals surface area contributed by atoms with Crippen LogP contribution in [0.15, 0.2) is 18.2 Å². The Morgan fingerprint density at radius 1 is 1.32 bits per heavy atom. The third-order valence-corrected chi connectivity index (χ3v) is 3.25. The van der Waals surface area contributed by atoms with Crippen molar-refractivity contribution >= 4 is 17.3 Å². The second-order valence-electron chi connectivity index (χ2n) is 4.58. The minimum absolute atomic E-state index is 0.0326. The molecule has 0 aromatic heterocycles. The lowest BCUT2D eigenvalue weighted by atomic mass is 10.2. The fourth-order valence-corrected chi connectivity index (χ4v) is 2.17. The van der Waals surface area contributed by atoms with Gasteiger partial charge in [-0.2, -0.15) is 0 Å². The van der Waals surface area contributed by atoms with Crippen LogP contribution in [0.25, 0.3) is 0 Å². The highest BCUT2D eigenvalue weighted by atomic mass is 16.5. The molecule has 0 fully saturated rings. The zero-order valence-corrected chi connectivity index (χ0v) is 11.5. The molecule has 0 bridgehead atoms. The largest absolute Gasteiger partial charge is 0.482 e. The molecule has 1 aromatic carbocycles. The monoisotopic (exact) mass is 263 g/mol. The summed E-state index contributed by atoms with van der Waals surface area (Å²) in [4.78, 5) is 13.8. The number of benzene rings is 1. The highest BCUT2D eigenvalue weighted by molar-refractivity contribution is 5.98. The quantitative estimate of drug-likeness (QED) is 0.763. The second kappa shape index (κ2) is 6.43. The van der Waals surface area contributed by atoms with Crippen molar-refractivity contribution in [3.63, 3.8) is 0 Å². The Morgan fingerprint density at radius 3 is 2.89 bits per heavy atom. The fourth-order valence-electron chi connectivity index (χ4n) is 2.17. The molecule has 1 amide bonds. The molecule has 1 aromatic rings. The average Bonchev–Trinajstić information content (AvgIpc) is 2.44. The topological polar surface area (TPSA) is 53.6 Å². The summed E-state index contributed by atoms with van der Waals surface area (Å²) in [6.45, 7) is 1.85. The summed E-state index contributed by atoms with van der Waals surface area (Å²) in [5.41, 5.74) is 1.85. The van der Waals surface area contributed by atoms with Gasteiger partial charge in [0.15, 0.2) is 6.61 Å². The van der Waals surface area contributed by atoms with E-state index in [-0.39, 0.29) is 12.5 Å². The number of amides is 1. The van der Waals surface area contributed by atoms with Crippen LogP contribution in [0, 0.1) is 0 Å². The summed E-state index contributed by atoms with van der Waals surface area (Å²) in [6, 6.07) is 5.83. The molecule has 0 unspecified atom stereocenters. The van der Waals surface area contributed by atoms with Crippen LogP contribution in [0.1, 0.15) is 12.8 Å². The molecule has 5 nitrogen and oxygen atoms in total. The van der Waals surface area contributed by atoms with Crippen LogP contribution in [0.4, 0.5) is 11.4 Å². The lowest BCUT2D eigenvalue weighted by Crippen LogP contribution is -2.39. The minimum Gasteiger partial charge on any atom is -0.482 e. The van der Waals surface area contributed by atoms with Gasteiger partial charge in [0.2, 0.25) is 0 Å². The molecule has 104 valence electrons. The maximum atomic E-state index is 12.0. The highest BCUT2D eigenvalue weighted by Crippen LogP contribution is 2.34. The Morgan fingerprint density at radius 2 is 2.16 bits per heavy atom. The molecule has 0 aliphatic carbocycles. The van der Waals surface area contributed by atoms with E-state index in [0.717, 1.165) is 43.1 Å². The van der Waals surface area contributed by atoms with Crippen LogP contribution in [0.5, 0.6) is 5.75 Å². The summed E-state index contributed by atoms with van der Waals surface area (Å²) < 4.78 is 5.46. The zero-order valence-electron chi connectivity index (χ0n) is 11.5. The Kier molecular flexibility index (Phi) is 4.63. The van der Waals surface area contributed by atoms with Gasteiger partial charge >= 0.3 is 0 Å². The first-order valence-corrected chi connectivity index (χ1v) is 6.66. The SMILES string of the molecule is CNCCCCN1C(=O)COc2ccc(NC)cc21. The number of hydrogen-bond donors (Lipinski definition) is 2. The van der Waals surface area contributed by atoms with Crippen molar-refractivity contribution < 1.29 is 9.53 Å². The van der Waals surface area contributed by atoms with Crippen molar-refractivity contribution in [1.82, 2.24) is 5.32 Å². The zero-order chi connectivity index (χ0) is 13.7. The van der Waals surface area contributed by atoms with Gasteiger partial charge in [0.1, 0.15) is 5.75 Å². The number of carbonyl (C=O) groups excluding carboxylic acids is 1. The van der Waals surface area contributed by atoms with E-state index in [2.05, 4.69) is 10.6 Å². The van der Waals surface area contributed by atoms with Crippen LogP contribution >= 0.6 is 0 Å². The summed E-state index contributed by atoms with van der Waals surface area (Å²) >= 11 is 0. The Hall–Kier alpha value is -1.75. The first-order valence-electron chi connectivity index (χ1n) is 6.66. The predicted octanol–water partition coefficient (Wildman–Crippen LogP) is 1.45. The van der Waals surface area contributed by atoms with Gasteiger partial charge in [-0.25, -0.2) is 0 Å². The van der Waals surface area contributed by atoms with Crippen molar-refractivity contribution in [3.05, 3.63) is 18.2 Å². The maximum Gasteiger partial charge on any atom is 0.265 e. The van der Waals surface area contributed by atoms with E-state index in [0.29, 0.717) is 0 Å². The molecule has 0 spiro atoms. The van der Waals surface area contributed by atoms with Crippen LogP contribution in [0.2, 0.25) is 0 Å². The van der Waals surface area contributed by atoms with E-state index in [1.54, 1.807) is 0 Å². The number of ether oxygens (including phenoxy) is 1. The number of fused-ring (bicyclic) bond motifs is 1. The summed E-state index contributed by atoms with van der Waals surface area (Å²) in [7, 11) is 3.80. The molecule has 19 heavy (non-hydrogen) atoms. The smallest absolute Gasteiger partial charge is 0.265 e. The third kappa shape index (κ3) is 3.17. The van der Waals surface area contributed by atoms with Gasteiger partial charge in [-0.15, -0.1) is 0 Å². The van der Waals surface area contributed by atoms with Gasteiger partial charge < -0.3 is 20.3 Å². The molecule has 2 rings (SSSR count). The lowest BCUT2D eigenvalue weighted by molar-refractivity contribution is -0.121. The van der Waals surface area contributed by atoms with Gasteiger partial charge in [-0.1, -0.05) is 0 Å². The van der Waals surface area contributed by atoms with Crippen molar-refractivity contribution in [2.45, 2.75) is 12.8 Å². The third-order valence-electron chi connectivity index (χ3n) is 3.25. The van der Waals surface area contributed by atoms with Gasteiger partial charge in [0, 0.05) is 19.3 Å². The first-order chi connectivity index (χ1) is 9.26. The van der Waals surface area contributed by atoms with E-state index in [1.807, 2.05) is 37.2 Å². The first kappa shape index (κ1) is 13.7. The van der Waals surface area contributed by atoms with Gasteiger partial charge in [0.05, 0.1) is 5.69 Å². The molecule has 0 saturated carbocycles. The van der Waals surface area contributed by atoms with Gasteiger partial charge in [-0.05, 0) is 44.6 Å². The Labute approximate surface area is 113 Å². The van der Waals surface area contributed by atoms with Crippen molar-refractivity contribution in [1.29, 1.82) is 0 Å². The number of carbonyl (C=O) groups is 1. The van der Waals surface area contributed by atoms with E-state index in [1.165, 1.54) is 0 Å². The van der Waals surface area contributed by atoms with E-state index >= 15 is 0 Å². The van der Waals surface area contributed by atoms with E-state index < -0.39 is 0 Å². The molecule has 0 radical (unpaired) electrons. The number of nitrogens with one attached hydrogen (secondary N) is 2. The number of unbranched alkanes of at least 4 members (excludes halogenated alkanes) is 1. The molecule has 0 atom stereocenters. The highest BCUT2D eigenvalue weighted by Gasteiger charge is 2.25. The van der Waals surface area contributed by atoms with Crippen molar-refractivity contribution in [2.75, 3.05) is 44.0 Å². The van der Waals surface area contributed by atoms with Gasteiger partial charge in [-0.3, -0.25) is 4.79 Å². The molecular weight excluding hydrogens is 242 g/mol. The fraction of sp³-hybridized carbons (Fsp3) is 0.500. The number of hydrogen-bond acceptors (Lipinski definition) is 4. The molecule has 2 N–H and O–H groups in total. The van der Waals surface area contributed by atoms with Crippen LogP contribution in [0.3, 0.4) is 0 Å². The van der Waals surface area contributed by atoms with Crippen LogP contribution in [-0.2, 0) is 4.79 Å². The Balaban J connectivity index is 2.12. The number of rotatable bonds is 6. The molecule has 0 saturated heterocycles. The molecule has 1 heterocycles. The molecular formula is C14H21N3O2. The Bertz CT molecular complexity index is 448. The van der Waals surface area contributed by atoms with Crippen molar-refractivity contribution in [2.24, 2.45) is 0 Å². The summed E-state index contributed by atoms with van der Waals surface area (Å²) in [5, 5.41) is 6.20. The molecule has 1 aliphatic heterocycles. The number of anilines is 2. The predicted molar refractivity (Wildman–Crippen MR) is 77.0 cm³/mol. The minimum atomic E-state index is 0.0326. The average molecular weight is 263 g/mol. The molecule has 1 aliphatic rings. The van der Waals surface area contributed by atoms with Crippen LogP contribution < -0.4 is 20.3 Å². The van der Waals surface area contributed by atoms with Crippen molar-refractivity contribution in [3.8, 4) is 5.75 Å². The lowest BCUT2D eigenvalue weighted by Gasteiger charge is -2.29.